The molecule has 0 radical (unpaired) electrons. The first-order valence-corrected chi connectivity index (χ1v) is 4.29. The fourth-order valence-corrected chi connectivity index (χ4v) is 1.03. The molecule has 3 nitrogen and oxygen atoms in total. The van der Waals surface area contributed by atoms with E-state index >= 15 is 0 Å². The Hall–Kier alpha value is -1.55. The molecule has 4 heteroatoms. The van der Waals surface area contributed by atoms with Crippen molar-refractivity contribution in [3.63, 3.8) is 0 Å². The van der Waals surface area contributed by atoms with Crippen LogP contribution in [0.3, 0.4) is 0 Å². The summed E-state index contributed by atoms with van der Waals surface area (Å²) in [5, 5.41) is 0. The van der Waals surface area contributed by atoms with Crippen molar-refractivity contribution in [3.8, 4) is 0 Å². The second-order valence-corrected chi connectivity index (χ2v) is 2.65. The standard InChI is InChI=1S/C9H7NO2S/c1-2-7-3-5-8(6-4-7)9(11)10-13-12/h2-6H,1H2/p+1. The molecule has 0 spiro atoms. The maximum atomic E-state index is 11.1. The van der Waals surface area contributed by atoms with Crippen LogP contribution in [0.2, 0.25) is 0 Å². The van der Waals surface area contributed by atoms with Crippen LogP contribution in [0.1, 0.15) is 15.9 Å². The van der Waals surface area contributed by atoms with Gasteiger partial charge in [-0.05, 0) is 17.7 Å². The van der Waals surface area contributed by atoms with Crippen LogP contribution in [0.25, 0.3) is 6.08 Å². The third-order valence-corrected chi connectivity index (χ3v) is 1.76. The summed E-state index contributed by atoms with van der Waals surface area (Å²) in [5.41, 5.74) is 1.39. The average Bonchev–Trinajstić information content (AvgIpc) is 2.18. The van der Waals surface area contributed by atoms with Crippen LogP contribution in [0.5, 0.6) is 0 Å². The summed E-state index contributed by atoms with van der Waals surface area (Å²) < 4.78 is 11.6. The topological polar surface area (TPSA) is 50.8 Å². The van der Waals surface area contributed by atoms with Crippen molar-refractivity contribution in [1.29, 1.82) is 0 Å². The van der Waals surface area contributed by atoms with Crippen molar-refractivity contribution < 1.29 is 9.00 Å². The Labute approximate surface area is 79.3 Å². The minimum absolute atomic E-state index is 0.170. The SMILES string of the molecule is C=Cc1ccc(C(=O)N=S=[OH+])cc1. The Kier molecular flexibility index (Phi) is 3.28. The Morgan fingerprint density at radius 3 is 2.54 bits per heavy atom. The lowest BCUT2D eigenvalue weighted by atomic mass is 10.1. The minimum atomic E-state index is -0.442. The summed E-state index contributed by atoms with van der Waals surface area (Å²) in [6.45, 7) is 3.59. The zero-order valence-corrected chi connectivity index (χ0v) is 7.62. The Balaban J connectivity index is 2.98. The van der Waals surface area contributed by atoms with Crippen molar-refractivity contribution in [3.05, 3.63) is 42.0 Å². The van der Waals surface area contributed by atoms with Gasteiger partial charge < -0.3 is 0 Å². The smallest absolute Gasteiger partial charge is 0.266 e. The van der Waals surface area contributed by atoms with Gasteiger partial charge in [-0.2, -0.15) is 4.21 Å². The Morgan fingerprint density at radius 2 is 2.08 bits per heavy atom. The molecule has 0 aliphatic heterocycles. The van der Waals surface area contributed by atoms with Gasteiger partial charge in [-0.3, -0.25) is 4.79 Å². The van der Waals surface area contributed by atoms with Crippen molar-refractivity contribution in [1.82, 2.24) is 0 Å². The molecule has 0 heterocycles. The van der Waals surface area contributed by atoms with Crippen LogP contribution in [-0.4, -0.2) is 10.1 Å². The number of carbonyl (C=O) groups is 1. The first-order valence-electron chi connectivity index (χ1n) is 3.56. The second kappa shape index (κ2) is 4.47. The van der Waals surface area contributed by atoms with E-state index in [4.69, 9.17) is 4.21 Å². The molecule has 0 saturated carbocycles. The number of rotatable bonds is 2. The summed E-state index contributed by atoms with van der Waals surface area (Å²) in [5.74, 6) is -0.442. The van der Waals surface area contributed by atoms with Crippen molar-refractivity contribution in [2.75, 3.05) is 0 Å². The summed E-state index contributed by atoms with van der Waals surface area (Å²) >= 11 is 0.170. The van der Waals surface area contributed by atoms with Crippen LogP contribution in [0.4, 0.5) is 0 Å². The molecule has 1 rings (SSSR count). The molecule has 1 amide bonds. The van der Waals surface area contributed by atoms with Crippen molar-refractivity contribution in [2.24, 2.45) is 4.36 Å². The van der Waals surface area contributed by atoms with Gasteiger partial charge in [0, 0.05) is 5.56 Å². The van der Waals surface area contributed by atoms with Crippen LogP contribution < -0.4 is 0 Å². The molecule has 1 N–H and O–H groups in total. The van der Waals surface area contributed by atoms with Crippen LogP contribution in [-0.2, 0) is 11.5 Å². The number of carbonyl (C=O) groups excluding carboxylic acids is 1. The van der Waals surface area contributed by atoms with Gasteiger partial charge in [0.05, 0.1) is 0 Å². The van der Waals surface area contributed by atoms with Gasteiger partial charge in [-0.25, -0.2) is 0 Å². The van der Waals surface area contributed by atoms with Gasteiger partial charge in [0.2, 0.25) is 0 Å². The van der Waals surface area contributed by atoms with Crippen LogP contribution in [0, 0.1) is 0 Å². The second-order valence-electron chi connectivity index (χ2n) is 2.30. The van der Waals surface area contributed by atoms with E-state index in [1.807, 2.05) is 0 Å². The quantitative estimate of drug-likeness (QED) is 0.664. The van der Waals surface area contributed by atoms with E-state index in [1.165, 1.54) is 0 Å². The highest BCUT2D eigenvalue weighted by molar-refractivity contribution is 7.55. The van der Waals surface area contributed by atoms with Crippen LogP contribution in [0.15, 0.2) is 35.2 Å². The molecule has 0 atom stereocenters. The molecule has 0 aliphatic carbocycles. The molecular formula is C9H8NO2S+. The molecule has 0 unspecified atom stereocenters. The maximum Gasteiger partial charge on any atom is 0.428 e. The first kappa shape index (κ1) is 9.54. The zero-order valence-electron chi connectivity index (χ0n) is 6.80. The largest absolute Gasteiger partial charge is 0.428 e. The lowest BCUT2D eigenvalue weighted by molar-refractivity contribution is 0.101. The lowest BCUT2D eigenvalue weighted by Crippen LogP contribution is -1.92. The number of nitrogens with zero attached hydrogens (tertiary/aromatic N) is 1. The molecule has 0 aliphatic rings. The molecular weight excluding hydrogens is 186 g/mol. The zero-order chi connectivity index (χ0) is 9.68. The van der Waals surface area contributed by atoms with E-state index < -0.39 is 5.91 Å². The van der Waals surface area contributed by atoms with Crippen molar-refractivity contribution in [2.45, 2.75) is 0 Å². The average molecular weight is 194 g/mol. The molecule has 1 aromatic carbocycles. The van der Waals surface area contributed by atoms with Gasteiger partial charge in [-0.1, -0.05) is 29.2 Å². The van der Waals surface area contributed by atoms with E-state index in [2.05, 4.69) is 10.9 Å². The van der Waals surface area contributed by atoms with Gasteiger partial charge >= 0.3 is 11.5 Å². The summed E-state index contributed by atoms with van der Waals surface area (Å²) in [7, 11) is 0. The fraction of sp³-hybridized carbons (Fsp3) is 0. The molecule has 0 bridgehead atoms. The molecule has 66 valence electrons. The first-order chi connectivity index (χ1) is 6.27. The highest BCUT2D eigenvalue weighted by Gasteiger charge is 2.02. The van der Waals surface area contributed by atoms with E-state index in [0.717, 1.165) is 5.56 Å². The Bertz CT molecular complexity index is 377. The van der Waals surface area contributed by atoms with Gasteiger partial charge in [0.15, 0.2) is 0 Å². The third kappa shape index (κ3) is 2.45. The normalized spacial score (nSPS) is 8.92. The fourth-order valence-electron chi connectivity index (χ4n) is 0.852. The monoisotopic (exact) mass is 194 g/mol. The Morgan fingerprint density at radius 1 is 1.46 bits per heavy atom. The summed E-state index contributed by atoms with van der Waals surface area (Å²) in [6.07, 6.45) is 1.69. The van der Waals surface area contributed by atoms with Crippen molar-refractivity contribution >= 4 is 23.4 Å². The number of amides is 1. The third-order valence-electron chi connectivity index (χ3n) is 1.52. The lowest BCUT2D eigenvalue weighted by Gasteiger charge is -1.93. The van der Waals surface area contributed by atoms with E-state index in [0.29, 0.717) is 5.56 Å². The van der Waals surface area contributed by atoms with Crippen LogP contribution >= 0.6 is 0 Å². The summed E-state index contributed by atoms with van der Waals surface area (Å²) in [4.78, 5) is 11.1. The van der Waals surface area contributed by atoms with E-state index in [1.54, 1.807) is 30.3 Å². The predicted octanol–water partition coefficient (Wildman–Crippen LogP) is 2.02. The minimum Gasteiger partial charge on any atom is -0.266 e. The van der Waals surface area contributed by atoms with E-state index in [9.17, 15) is 4.79 Å². The molecule has 0 fully saturated rings. The van der Waals surface area contributed by atoms with Gasteiger partial charge in [0.25, 0.3) is 5.91 Å². The molecule has 1 aromatic rings. The number of benzene rings is 1. The van der Waals surface area contributed by atoms with E-state index in [-0.39, 0.29) is 11.5 Å². The number of hydrogen-bond acceptors (Lipinski definition) is 1. The molecule has 13 heavy (non-hydrogen) atoms. The van der Waals surface area contributed by atoms with Gasteiger partial charge in [0.1, 0.15) is 0 Å². The highest BCUT2D eigenvalue weighted by Crippen LogP contribution is 2.06. The maximum absolute atomic E-state index is 11.1. The molecule has 0 aromatic heterocycles. The predicted molar refractivity (Wildman–Crippen MR) is 52.6 cm³/mol. The highest BCUT2D eigenvalue weighted by atomic mass is 32.1. The molecule has 0 saturated heterocycles. The van der Waals surface area contributed by atoms with Gasteiger partial charge in [-0.15, -0.1) is 0 Å². The summed E-state index contributed by atoms with van der Waals surface area (Å²) in [6, 6.07) is 6.80. The number of hydrogen-bond donors (Lipinski definition) is 0.